The molecule has 2 N–H and O–H groups in total. The second-order valence-electron chi connectivity index (χ2n) is 2.78. The van der Waals surface area contributed by atoms with Gasteiger partial charge in [0.05, 0.1) is 0 Å². The first-order valence-corrected chi connectivity index (χ1v) is 6.42. The molecule has 15 heavy (non-hydrogen) atoms. The van der Waals surface area contributed by atoms with Crippen LogP contribution < -0.4 is 4.72 Å². The van der Waals surface area contributed by atoms with Gasteiger partial charge in [-0.3, -0.25) is 0 Å². The van der Waals surface area contributed by atoms with E-state index in [9.17, 15) is 8.42 Å². The summed E-state index contributed by atoms with van der Waals surface area (Å²) in [7, 11) is -2.14. The van der Waals surface area contributed by atoms with E-state index in [0.717, 1.165) is 4.68 Å². The lowest BCUT2D eigenvalue weighted by atomic mass is 10.5. The van der Waals surface area contributed by atoms with Gasteiger partial charge in [0, 0.05) is 20.2 Å². The quantitative estimate of drug-likeness (QED) is 0.697. The number of hydrogen-bond donors (Lipinski definition) is 2. The topological polar surface area (TPSA) is 97.1 Å². The van der Waals surface area contributed by atoms with Gasteiger partial charge < -0.3 is 5.11 Å². The van der Waals surface area contributed by atoms with Crippen LogP contribution in [0, 0.1) is 0 Å². The third-order valence-corrected chi connectivity index (χ3v) is 3.97. The van der Waals surface area contributed by atoms with Gasteiger partial charge in [-0.15, -0.1) is 5.10 Å². The predicted octanol–water partition coefficient (Wildman–Crippen LogP) is -0.762. The van der Waals surface area contributed by atoms with E-state index in [1.165, 1.54) is 7.05 Å². The average Bonchev–Trinajstić information content (AvgIpc) is 2.46. The fourth-order valence-corrected chi connectivity index (χ4v) is 3.13. The van der Waals surface area contributed by atoms with E-state index in [4.69, 9.17) is 5.11 Å². The normalized spacial score (nSPS) is 11.9. The first-order valence-electron chi connectivity index (χ1n) is 4.14. The number of aliphatic hydroxyl groups is 1. The fourth-order valence-electron chi connectivity index (χ4n) is 0.962. The minimum Gasteiger partial charge on any atom is -0.396 e. The molecule has 0 amide bonds. The van der Waals surface area contributed by atoms with Crippen molar-refractivity contribution in [3.8, 4) is 0 Å². The second-order valence-corrected chi connectivity index (χ2v) is 5.22. The molecule has 1 rings (SSSR count). The molecule has 0 fully saturated rings. The number of aryl methyl sites for hydroxylation is 1. The number of aromatic nitrogens is 3. The Morgan fingerprint density at radius 1 is 1.60 bits per heavy atom. The van der Waals surface area contributed by atoms with Crippen molar-refractivity contribution in [3.63, 3.8) is 0 Å². The third kappa shape index (κ3) is 2.97. The van der Waals surface area contributed by atoms with E-state index in [1.54, 1.807) is 0 Å². The maximum atomic E-state index is 11.7. The highest BCUT2D eigenvalue weighted by Gasteiger charge is 2.22. The molecule has 0 aromatic carbocycles. The van der Waals surface area contributed by atoms with E-state index in [-0.39, 0.29) is 22.8 Å². The van der Waals surface area contributed by atoms with Crippen LogP contribution in [0.3, 0.4) is 0 Å². The molecule has 1 aromatic heterocycles. The molecule has 0 radical (unpaired) electrons. The van der Waals surface area contributed by atoms with E-state index in [2.05, 4.69) is 31.0 Å². The van der Waals surface area contributed by atoms with E-state index < -0.39 is 10.0 Å². The summed E-state index contributed by atoms with van der Waals surface area (Å²) in [6.45, 7) is 0.115. The number of hydrogen-bond acceptors (Lipinski definition) is 5. The number of rotatable bonds is 5. The Balaban J connectivity index is 2.87. The van der Waals surface area contributed by atoms with Crippen LogP contribution in [0.15, 0.2) is 9.63 Å². The summed E-state index contributed by atoms with van der Waals surface area (Å²) < 4.78 is 27.0. The van der Waals surface area contributed by atoms with Crippen molar-refractivity contribution in [1.82, 2.24) is 19.7 Å². The Hall–Kier alpha value is -0.510. The zero-order valence-corrected chi connectivity index (χ0v) is 10.4. The Labute approximate surface area is 95.7 Å². The van der Waals surface area contributed by atoms with Gasteiger partial charge in [0.2, 0.25) is 5.03 Å². The van der Waals surface area contributed by atoms with Gasteiger partial charge in [-0.05, 0) is 22.4 Å². The Kier molecular flexibility index (Phi) is 4.20. The van der Waals surface area contributed by atoms with Crippen LogP contribution in [-0.4, -0.2) is 41.7 Å². The molecule has 1 aromatic rings. The zero-order chi connectivity index (χ0) is 11.5. The zero-order valence-electron chi connectivity index (χ0n) is 8.01. The first kappa shape index (κ1) is 12.6. The maximum absolute atomic E-state index is 11.7. The largest absolute Gasteiger partial charge is 0.396 e. The van der Waals surface area contributed by atoms with Crippen molar-refractivity contribution < 1.29 is 13.5 Å². The molecule has 0 aliphatic heterocycles. The molecule has 1 heterocycles. The molecule has 0 unspecified atom stereocenters. The lowest BCUT2D eigenvalue weighted by Crippen LogP contribution is -2.27. The predicted molar refractivity (Wildman–Crippen MR) is 55.6 cm³/mol. The SMILES string of the molecule is Cn1nnc(Br)c1S(=O)(=O)NCCCO. The molecule has 0 aliphatic carbocycles. The molecular weight excluding hydrogens is 288 g/mol. The Morgan fingerprint density at radius 2 is 2.27 bits per heavy atom. The van der Waals surface area contributed by atoms with Gasteiger partial charge in [0.15, 0.2) is 4.60 Å². The molecule has 0 aliphatic rings. The van der Waals surface area contributed by atoms with Crippen LogP contribution >= 0.6 is 15.9 Å². The number of sulfonamides is 1. The number of nitrogens with zero attached hydrogens (tertiary/aromatic N) is 3. The van der Waals surface area contributed by atoms with Crippen molar-refractivity contribution in [2.45, 2.75) is 11.4 Å². The summed E-state index contributed by atoms with van der Waals surface area (Å²) >= 11 is 3.00. The van der Waals surface area contributed by atoms with Crippen LogP contribution in [0.4, 0.5) is 0 Å². The third-order valence-electron chi connectivity index (χ3n) is 1.62. The van der Waals surface area contributed by atoms with Gasteiger partial charge in [0.25, 0.3) is 10.0 Å². The number of halogens is 1. The van der Waals surface area contributed by atoms with Crippen molar-refractivity contribution in [3.05, 3.63) is 4.60 Å². The lowest BCUT2D eigenvalue weighted by molar-refractivity contribution is 0.289. The minimum atomic E-state index is -3.62. The van der Waals surface area contributed by atoms with Gasteiger partial charge in [-0.25, -0.2) is 17.8 Å². The molecule has 7 nitrogen and oxygen atoms in total. The van der Waals surface area contributed by atoms with Crippen LogP contribution in [0.25, 0.3) is 0 Å². The summed E-state index contributed by atoms with van der Waals surface area (Å²) in [6, 6.07) is 0. The molecule has 9 heteroatoms. The van der Waals surface area contributed by atoms with E-state index >= 15 is 0 Å². The van der Waals surface area contributed by atoms with Crippen LogP contribution in [0.2, 0.25) is 0 Å². The molecule has 0 saturated carbocycles. The van der Waals surface area contributed by atoms with Gasteiger partial charge >= 0.3 is 0 Å². The molecule has 0 saturated heterocycles. The van der Waals surface area contributed by atoms with Crippen molar-refractivity contribution >= 4 is 26.0 Å². The fraction of sp³-hybridized carbons (Fsp3) is 0.667. The van der Waals surface area contributed by atoms with Crippen molar-refractivity contribution in [2.75, 3.05) is 13.2 Å². The Bertz CT molecular complexity index is 410. The summed E-state index contributed by atoms with van der Waals surface area (Å²) in [5, 5.41) is 15.6. The van der Waals surface area contributed by atoms with Gasteiger partial charge in [-0.2, -0.15) is 0 Å². The molecule has 86 valence electrons. The summed E-state index contributed by atoms with van der Waals surface area (Å²) in [4.78, 5) is 0. The Morgan fingerprint density at radius 3 is 2.73 bits per heavy atom. The highest BCUT2D eigenvalue weighted by Crippen LogP contribution is 2.17. The minimum absolute atomic E-state index is 0.0274. The molecule has 0 atom stereocenters. The smallest absolute Gasteiger partial charge is 0.260 e. The monoisotopic (exact) mass is 298 g/mol. The van der Waals surface area contributed by atoms with Crippen molar-refractivity contribution in [2.24, 2.45) is 7.05 Å². The number of aliphatic hydroxyl groups excluding tert-OH is 1. The summed E-state index contributed by atoms with van der Waals surface area (Å²) in [5.41, 5.74) is 0. The highest BCUT2D eigenvalue weighted by atomic mass is 79.9. The van der Waals surface area contributed by atoms with Crippen molar-refractivity contribution in [1.29, 1.82) is 0 Å². The first-order chi connectivity index (χ1) is 6.99. The van der Waals surface area contributed by atoms with Gasteiger partial charge in [0.1, 0.15) is 0 Å². The molecule has 0 bridgehead atoms. The standard InChI is InChI=1S/C6H11BrN4O3S/c1-11-6(5(7)9-10-11)15(13,14)8-3-2-4-12/h8,12H,2-4H2,1H3. The maximum Gasteiger partial charge on any atom is 0.260 e. The molecule has 0 spiro atoms. The van der Waals surface area contributed by atoms with Crippen LogP contribution in [0.1, 0.15) is 6.42 Å². The van der Waals surface area contributed by atoms with Crippen LogP contribution in [0.5, 0.6) is 0 Å². The molecular formula is C6H11BrN4O3S. The summed E-state index contributed by atoms with van der Waals surface area (Å²) in [5.74, 6) is 0. The second kappa shape index (κ2) is 5.01. The average molecular weight is 299 g/mol. The van der Waals surface area contributed by atoms with E-state index in [0.29, 0.717) is 6.42 Å². The highest BCUT2D eigenvalue weighted by molar-refractivity contribution is 9.10. The lowest BCUT2D eigenvalue weighted by Gasteiger charge is -2.05. The summed E-state index contributed by atoms with van der Waals surface area (Å²) in [6.07, 6.45) is 0.363. The van der Waals surface area contributed by atoms with Crippen LogP contribution in [-0.2, 0) is 17.1 Å². The number of nitrogens with one attached hydrogen (secondary N) is 1. The van der Waals surface area contributed by atoms with E-state index in [1.807, 2.05) is 0 Å². The van der Waals surface area contributed by atoms with Gasteiger partial charge in [-0.1, -0.05) is 5.21 Å².